The molecule has 0 unspecified atom stereocenters. The van der Waals surface area contributed by atoms with E-state index in [4.69, 9.17) is 9.47 Å². The topological polar surface area (TPSA) is 71.1 Å². The number of halogens is 1. The van der Waals surface area contributed by atoms with Crippen molar-refractivity contribution < 1.29 is 23.5 Å². The SMILES string of the molecule is CO[C@H]1CN(C)C(=O)c2cc(NC(=O)c3cccc(F)c3)ccc2OC[C@H](C)N(C)C[C@H]1C. The highest BCUT2D eigenvalue weighted by atomic mass is 19.1. The molecule has 2 aromatic carbocycles. The highest BCUT2D eigenvalue weighted by Crippen LogP contribution is 2.26. The van der Waals surface area contributed by atoms with E-state index in [-0.39, 0.29) is 29.5 Å². The van der Waals surface area contributed by atoms with Crippen molar-refractivity contribution in [2.24, 2.45) is 5.92 Å². The Bertz CT molecular complexity index is 999. The molecule has 0 fully saturated rings. The number of methoxy groups -OCH3 is 1. The van der Waals surface area contributed by atoms with Gasteiger partial charge < -0.3 is 19.7 Å². The zero-order valence-electron chi connectivity index (χ0n) is 19.8. The summed E-state index contributed by atoms with van der Waals surface area (Å²) in [5, 5.41) is 2.74. The Morgan fingerprint density at radius 1 is 1.15 bits per heavy atom. The van der Waals surface area contributed by atoms with E-state index in [1.807, 2.05) is 7.05 Å². The third-order valence-electron chi connectivity index (χ3n) is 6.10. The van der Waals surface area contributed by atoms with Gasteiger partial charge in [-0.15, -0.1) is 0 Å². The van der Waals surface area contributed by atoms with Crippen LogP contribution in [-0.2, 0) is 4.74 Å². The number of rotatable bonds is 3. The molecule has 3 rings (SSSR count). The van der Waals surface area contributed by atoms with Crippen molar-refractivity contribution in [1.29, 1.82) is 0 Å². The molecule has 0 aliphatic carbocycles. The molecule has 8 heteroatoms. The first-order valence-corrected chi connectivity index (χ1v) is 11.0. The van der Waals surface area contributed by atoms with Gasteiger partial charge in [-0.05, 0) is 56.3 Å². The molecule has 7 nitrogen and oxygen atoms in total. The van der Waals surface area contributed by atoms with Crippen molar-refractivity contribution in [1.82, 2.24) is 9.80 Å². The van der Waals surface area contributed by atoms with E-state index in [9.17, 15) is 14.0 Å². The lowest BCUT2D eigenvalue weighted by Crippen LogP contribution is -2.45. The molecule has 2 amide bonds. The largest absolute Gasteiger partial charge is 0.491 e. The lowest BCUT2D eigenvalue weighted by atomic mass is 10.0. The van der Waals surface area contributed by atoms with Crippen LogP contribution >= 0.6 is 0 Å². The van der Waals surface area contributed by atoms with Crippen molar-refractivity contribution in [3.8, 4) is 5.75 Å². The molecule has 0 spiro atoms. The van der Waals surface area contributed by atoms with E-state index in [2.05, 4.69) is 24.1 Å². The summed E-state index contributed by atoms with van der Waals surface area (Å²) in [7, 11) is 5.43. The number of carbonyl (C=O) groups excluding carboxylic acids is 2. The van der Waals surface area contributed by atoms with Crippen LogP contribution in [0, 0.1) is 11.7 Å². The molecule has 3 atom stereocenters. The summed E-state index contributed by atoms with van der Waals surface area (Å²) in [6.45, 7) is 5.80. The predicted octanol–water partition coefficient (Wildman–Crippen LogP) is 3.51. The van der Waals surface area contributed by atoms with Crippen molar-refractivity contribution in [2.75, 3.05) is 46.2 Å². The van der Waals surface area contributed by atoms with Gasteiger partial charge in [-0.25, -0.2) is 4.39 Å². The number of nitrogens with one attached hydrogen (secondary N) is 1. The highest BCUT2D eigenvalue weighted by Gasteiger charge is 2.27. The fourth-order valence-electron chi connectivity index (χ4n) is 3.87. The number of hydrogen-bond donors (Lipinski definition) is 1. The summed E-state index contributed by atoms with van der Waals surface area (Å²) in [4.78, 5) is 29.7. The number of nitrogens with zero attached hydrogens (tertiary/aromatic N) is 2. The third-order valence-corrected chi connectivity index (χ3v) is 6.10. The monoisotopic (exact) mass is 457 g/mol. The fourth-order valence-corrected chi connectivity index (χ4v) is 3.87. The van der Waals surface area contributed by atoms with E-state index in [1.165, 1.54) is 18.2 Å². The molecule has 1 aliphatic rings. The van der Waals surface area contributed by atoms with E-state index < -0.39 is 11.7 Å². The van der Waals surface area contributed by atoms with Gasteiger partial charge in [-0.1, -0.05) is 13.0 Å². The fraction of sp³-hybridized carbons (Fsp3) is 0.440. The molecule has 0 bridgehead atoms. The van der Waals surface area contributed by atoms with Crippen LogP contribution in [-0.4, -0.2) is 74.7 Å². The van der Waals surface area contributed by atoms with E-state index in [0.717, 1.165) is 12.6 Å². The smallest absolute Gasteiger partial charge is 0.257 e. The Morgan fingerprint density at radius 3 is 2.61 bits per heavy atom. The van der Waals surface area contributed by atoms with Crippen LogP contribution in [0.2, 0.25) is 0 Å². The number of benzene rings is 2. The maximum absolute atomic E-state index is 13.5. The second-order valence-electron chi connectivity index (χ2n) is 8.71. The minimum atomic E-state index is -0.494. The van der Waals surface area contributed by atoms with Gasteiger partial charge in [0.15, 0.2) is 0 Å². The van der Waals surface area contributed by atoms with Gasteiger partial charge in [0.1, 0.15) is 18.2 Å². The van der Waals surface area contributed by atoms with E-state index in [1.54, 1.807) is 37.3 Å². The van der Waals surface area contributed by atoms with Gasteiger partial charge in [0.2, 0.25) is 0 Å². The molecule has 33 heavy (non-hydrogen) atoms. The number of ether oxygens (including phenoxy) is 2. The lowest BCUT2D eigenvalue weighted by Gasteiger charge is -2.34. The van der Waals surface area contributed by atoms with Crippen LogP contribution < -0.4 is 10.1 Å². The maximum Gasteiger partial charge on any atom is 0.257 e. The first-order valence-electron chi connectivity index (χ1n) is 11.0. The Morgan fingerprint density at radius 2 is 1.91 bits per heavy atom. The zero-order chi connectivity index (χ0) is 24.1. The maximum atomic E-state index is 13.5. The highest BCUT2D eigenvalue weighted by molar-refractivity contribution is 6.05. The Hall–Kier alpha value is -2.97. The number of hydrogen-bond acceptors (Lipinski definition) is 5. The van der Waals surface area contributed by atoms with E-state index >= 15 is 0 Å². The van der Waals surface area contributed by atoms with Crippen molar-refractivity contribution in [2.45, 2.75) is 26.0 Å². The molecule has 0 aromatic heterocycles. The first-order chi connectivity index (χ1) is 15.7. The summed E-state index contributed by atoms with van der Waals surface area (Å²) in [6, 6.07) is 10.5. The molecular formula is C25H32FN3O4. The van der Waals surface area contributed by atoms with Gasteiger partial charge in [0.25, 0.3) is 11.8 Å². The number of amides is 2. The normalized spacial score (nSPS) is 22.5. The molecule has 1 heterocycles. The van der Waals surface area contributed by atoms with Crippen LogP contribution in [0.3, 0.4) is 0 Å². The van der Waals surface area contributed by atoms with Crippen LogP contribution in [0.25, 0.3) is 0 Å². The molecule has 2 aromatic rings. The summed E-state index contributed by atoms with van der Waals surface area (Å²) in [6.07, 6.45) is -0.131. The summed E-state index contributed by atoms with van der Waals surface area (Å²) < 4.78 is 25.2. The minimum absolute atomic E-state index is 0.123. The average molecular weight is 458 g/mol. The van der Waals surface area contributed by atoms with Crippen molar-refractivity contribution >= 4 is 17.5 Å². The van der Waals surface area contributed by atoms with Gasteiger partial charge in [-0.2, -0.15) is 0 Å². The van der Waals surface area contributed by atoms with Crippen LogP contribution in [0.5, 0.6) is 5.75 Å². The first kappa shape index (κ1) is 24.7. The Kier molecular flexibility index (Phi) is 8.05. The third kappa shape index (κ3) is 6.09. The molecule has 0 radical (unpaired) electrons. The standard InChI is InChI=1S/C25H32FN3O4/c1-16-13-28(3)17(2)15-33-22-10-9-20(27-24(30)18-7-6-8-19(26)11-18)12-21(22)25(31)29(4)14-23(16)32-5/h6-12,16-17,23H,13-15H2,1-5H3,(H,27,30)/t16-,17+,23+/m1/s1. The molecule has 0 saturated carbocycles. The van der Waals surface area contributed by atoms with Crippen molar-refractivity contribution in [3.05, 3.63) is 59.4 Å². The van der Waals surface area contributed by atoms with Gasteiger partial charge >= 0.3 is 0 Å². The van der Waals surface area contributed by atoms with E-state index in [0.29, 0.717) is 30.2 Å². The molecular weight excluding hydrogens is 425 g/mol. The van der Waals surface area contributed by atoms with Gasteiger partial charge in [0.05, 0.1) is 11.7 Å². The van der Waals surface area contributed by atoms with Crippen LogP contribution in [0.4, 0.5) is 10.1 Å². The Labute approximate surface area is 194 Å². The Balaban J connectivity index is 1.91. The average Bonchev–Trinajstić information content (AvgIpc) is 2.79. The van der Waals surface area contributed by atoms with Crippen molar-refractivity contribution in [3.63, 3.8) is 0 Å². The predicted molar refractivity (Wildman–Crippen MR) is 125 cm³/mol. The van der Waals surface area contributed by atoms with Gasteiger partial charge in [0, 0.05) is 44.5 Å². The molecule has 1 N–H and O–H groups in total. The number of carbonyl (C=O) groups is 2. The summed E-state index contributed by atoms with van der Waals surface area (Å²) in [5.41, 5.74) is 0.950. The van der Waals surface area contributed by atoms with Crippen LogP contribution in [0.1, 0.15) is 34.6 Å². The van der Waals surface area contributed by atoms with Gasteiger partial charge in [-0.3, -0.25) is 14.5 Å². The molecule has 178 valence electrons. The summed E-state index contributed by atoms with van der Waals surface area (Å²) >= 11 is 0. The molecule has 0 saturated heterocycles. The lowest BCUT2D eigenvalue weighted by molar-refractivity contribution is 0.0150. The number of likely N-dealkylation sites (N-methyl/N-ethyl adjacent to an activating group) is 2. The number of fused-ring (bicyclic) bond motifs is 1. The quantitative estimate of drug-likeness (QED) is 0.764. The number of anilines is 1. The zero-order valence-corrected chi connectivity index (χ0v) is 19.8. The second-order valence-corrected chi connectivity index (χ2v) is 8.71. The second kappa shape index (κ2) is 10.8. The minimum Gasteiger partial charge on any atom is -0.491 e. The summed E-state index contributed by atoms with van der Waals surface area (Å²) in [5.74, 6) is -0.547. The molecule has 1 aliphatic heterocycles. The van der Waals surface area contributed by atoms with Crippen LogP contribution in [0.15, 0.2) is 42.5 Å².